The summed E-state index contributed by atoms with van der Waals surface area (Å²) >= 11 is 0. The Kier molecular flexibility index (Phi) is 3.79. The van der Waals surface area contributed by atoms with E-state index in [2.05, 4.69) is 29.4 Å². The zero-order chi connectivity index (χ0) is 13.9. The molecule has 4 heteroatoms. The lowest BCUT2D eigenvalue weighted by Gasteiger charge is -2.25. The molecule has 0 unspecified atom stereocenters. The largest absolute Gasteiger partial charge is 0.368 e. The average Bonchev–Trinajstić information content (AvgIpc) is 2.37. The number of nitrogens with zero attached hydrogens (tertiary/aromatic N) is 2. The van der Waals surface area contributed by atoms with Crippen molar-refractivity contribution in [2.45, 2.75) is 26.2 Å². The van der Waals surface area contributed by atoms with Crippen LogP contribution in [-0.2, 0) is 5.41 Å². The highest BCUT2D eigenvalue weighted by Gasteiger charge is 2.20. The second kappa shape index (κ2) is 5.34. The number of aromatic nitrogens is 2. The van der Waals surface area contributed by atoms with E-state index in [1.54, 1.807) is 6.20 Å². The minimum Gasteiger partial charge on any atom is -0.368 e. The van der Waals surface area contributed by atoms with Crippen molar-refractivity contribution >= 4 is 5.82 Å². The first-order valence-electron chi connectivity index (χ1n) is 6.27. The van der Waals surface area contributed by atoms with Gasteiger partial charge < -0.3 is 5.32 Å². The number of rotatable bonds is 4. The smallest absolute Gasteiger partial charge is 0.148 e. The maximum atomic E-state index is 12.9. The lowest BCUT2D eigenvalue weighted by molar-refractivity contribution is 0.552. The van der Waals surface area contributed by atoms with Gasteiger partial charge in [0.05, 0.1) is 6.20 Å². The van der Waals surface area contributed by atoms with Crippen LogP contribution < -0.4 is 5.32 Å². The van der Waals surface area contributed by atoms with Crippen molar-refractivity contribution in [1.82, 2.24) is 10.2 Å². The van der Waals surface area contributed by atoms with Crippen molar-refractivity contribution in [3.05, 3.63) is 53.5 Å². The number of nitrogens with one attached hydrogen (secondary N) is 1. The molecule has 1 aromatic heterocycles. The Balaban J connectivity index is 2.07. The monoisotopic (exact) mass is 259 g/mol. The van der Waals surface area contributed by atoms with E-state index in [-0.39, 0.29) is 11.2 Å². The molecule has 19 heavy (non-hydrogen) atoms. The van der Waals surface area contributed by atoms with Gasteiger partial charge in [-0.1, -0.05) is 26.0 Å². The maximum Gasteiger partial charge on any atom is 0.148 e. The van der Waals surface area contributed by atoms with Gasteiger partial charge in [0.1, 0.15) is 11.6 Å². The molecule has 0 fully saturated rings. The molecule has 1 heterocycles. The molecule has 0 aliphatic carbocycles. The SMILES string of the molecule is Cc1cnnc(NCC(C)(C)c2ccc(F)cc2)c1. The quantitative estimate of drug-likeness (QED) is 0.915. The second-order valence-corrected chi connectivity index (χ2v) is 5.36. The summed E-state index contributed by atoms with van der Waals surface area (Å²) in [5, 5.41) is 11.2. The molecule has 3 nitrogen and oxygen atoms in total. The van der Waals surface area contributed by atoms with Crippen molar-refractivity contribution in [2.75, 3.05) is 11.9 Å². The molecule has 0 amide bonds. The summed E-state index contributed by atoms with van der Waals surface area (Å²) in [7, 11) is 0. The molecular formula is C15H18FN3. The summed E-state index contributed by atoms with van der Waals surface area (Å²) in [4.78, 5) is 0. The Morgan fingerprint density at radius 3 is 2.53 bits per heavy atom. The van der Waals surface area contributed by atoms with Crippen molar-refractivity contribution in [3.63, 3.8) is 0 Å². The lowest BCUT2D eigenvalue weighted by Crippen LogP contribution is -2.28. The molecule has 0 saturated carbocycles. The Bertz CT molecular complexity index is 550. The van der Waals surface area contributed by atoms with Crippen LogP contribution in [0.3, 0.4) is 0 Å². The molecule has 0 radical (unpaired) electrons. The predicted octanol–water partition coefficient (Wildman–Crippen LogP) is 3.31. The van der Waals surface area contributed by atoms with Crippen LogP contribution in [0.15, 0.2) is 36.5 Å². The van der Waals surface area contributed by atoms with Gasteiger partial charge in [0.2, 0.25) is 0 Å². The summed E-state index contributed by atoms with van der Waals surface area (Å²) in [6.07, 6.45) is 1.72. The Labute approximate surface area is 112 Å². The highest BCUT2D eigenvalue weighted by Crippen LogP contribution is 2.23. The molecule has 0 spiro atoms. The van der Waals surface area contributed by atoms with E-state index in [0.717, 1.165) is 16.9 Å². The number of halogens is 1. The minimum absolute atomic E-state index is 0.112. The van der Waals surface area contributed by atoms with Crippen LogP contribution in [0.5, 0.6) is 0 Å². The highest BCUT2D eigenvalue weighted by atomic mass is 19.1. The molecule has 2 rings (SSSR count). The van der Waals surface area contributed by atoms with Gasteiger partial charge in [-0.15, -0.1) is 5.10 Å². The molecule has 1 N–H and O–H groups in total. The van der Waals surface area contributed by atoms with Crippen LogP contribution in [0.1, 0.15) is 25.0 Å². The summed E-state index contributed by atoms with van der Waals surface area (Å²) < 4.78 is 12.9. The molecule has 0 aliphatic heterocycles. The third-order valence-corrected chi connectivity index (χ3v) is 3.13. The first kappa shape index (κ1) is 13.5. The van der Waals surface area contributed by atoms with Crippen molar-refractivity contribution in [1.29, 1.82) is 0 Å². The Morgan fingerprint density at radius 1 is 1.21 bits per heavy atom. The first-order chi connectivity index (χ1) is 8.97. The molecule has 0 bridgehead atoms. The Hall–Kier alpha value is -1.97. The van der Waals surface area contributed by atoms with E-state index in [1.165, 1.54) is 12.1 Å². The van der Waals surface area contributed by atoms with E-state index in [0.29, 0.717) is 6.54 Å². The van der Waals surface area contributed by atoms with Gasteiger partial charge in [0, 0.05) is 12.0 Å². The van der Waals surface area contributed by atoms with Gasteiger partial charge in [-0.25, -0.2) is 4.39 Å². The standard InChI is InChI=1S/C15H18FN3/c1-11-8-14(19-18-9-11)17-10-15(2,3)12-4-6-13(16)7-5-12/h4-9H,10H2,1-3H3,(H,17,19). The fraction of sp³-hybridized carbons (Fsp3) is 0.333. The zero-order valence-electron chi connectivity index (χ0n) is 11.4. The molecule has 0 saturated heterocycles. The van der Waals surface area contributed by atoms with Crippen LogP contribution in [0.2, 0.25) is 0 Å². The first-order valence-corrected chi connectivity index (χ1v) is 6.27. The molecule has 1 aromatic carbocycles. The highest BCUT2D eigenvalue weighted by molar-refractivity contribution is 5.37. The number of aryl methyl sites for hydroxylation is 1. The maximum absolute atomic E-state index is 12.9. The van der Waals surface area contributed by atoms with Gasteiger partial charge in [0.15, 0.2) is 0 Å². The number of benzene rings is 1. The zero-order valence-corrected chi connectivity index (χ0v) is 11.4. The summed E-state index contributed by atoms with van der Waals surface area (Å²) in [6, 6.07) is 8.57. The topological polar surface area (TPSA) is 37.8 Å². The van der Waals surface area contributed by atoms with Gasteiger partial charge in [-0.2, -0.15) is 5.10 Å². The lowest BCUT2D eigenvalue weighted by atomic mass is 9.84. The fourth-order valence-corrected chi connectivity index (χ4v) is 1.86. The molecule has 0 aliphatic rings. The van der Waals surface area contributed by atoms with Gasteiger partial charge in [-0.3, -0.25) is 0 Å². The predicted molar refractivity (Wildman–Crippen MR) is 74.7 cm³/mol. The molecule has 2 aromatic rings. The summed E-state index contributed by atoms with van der Waals surface area (Å²) in [5.74, 6) is 0.548. The third-order valence-electron chi connectivity index (χ3n) is 3.13. The number of anilines is 1. The summed E-state index contributed by atoms with van der Waals surface area (Å²) in [6.45, 7) is 6.90. The average molecular weight is 259 g/mol. The van der Waals surface area contributed by atoms with Crippen molar-refractivity contribution < 1.29 is 4.39 Å². The van der Waals surface area contributed by atoms with Gasteiger partial charge in [-0.05, 0) is 36.2 Å². The van der Waals surface area contributed by atoms with Crippen LogP contribution >= 0.6 is 0 Å². The number of hydrogen-bond acceptors (Lipinski definition) is 3. The Morgan fingerprint density at radius 2 is 1.89 bits per heavy atom. The third kappa shape index (κ3) is 3.50. The van der Waals surface area contributed by atoms with Gasteiger partial charge in [0.25, 0.3) is 0 Å². The van der Waals surface area contributed by atoms with E-state index < -0.39 is 0 Å². The molecule has 100 valence electrons. The van der Waals surface area contributed by atoms with E-state index in [1.807, 2.05) is 25.1 Å². The van der Waals surface area contributed by atoms with E-state index >= 15 is 0 Å². The van der Waals surface area contributed by atoms with Crippen LogP contribution in [0.25, 0.3) is 0 Å². The van der Waals surface area contributed by atoms with Crippen LogP contribution in [0, 0.1) is 12.7 Å². The summed E-state index contributed by atoms with van der Waals surface area (Å²) in [5.41, 5.74) is 2.04. The van der Waals surface area contributed by atoms with E-state index in [9.17, 15) is 4.39 Å². The van der Waals surface area contributed by atoms with Crippen molar-refractivity contribution in [3.8, 4) is 0 Å². The number of hydrogen-bond donors (Lipinski definition) is 1. The van der Waals surface area contributed by atoms with Crippen molar-refractivity contribution in [2.24, 2.45) is 0 Å². The normalized spacial score (nSPS) is 11.4. The fourth-order valence-electron chi connectivity index (χ4n) is 1.86. The van der Waals surface area contributed by atoms with Crippen LogP contribution in [-0.4, -0.2) is 16.7 Å². The van der Waals surface area contributed by atoms with E-state index in [4.69, 9.17) is 0 Å². The molecular weight excluding hydrogens is 241 g/mol. The van der Waals surface area contributed by atoms with Gasteiger partial charge >= 0.3 is 0 Å². The molecule has 0 atom stereocenters. The second-order valence-electron chi connectivity index (χ2n) is 5.36. The minimum atomic E-state index is -0.211. The van der Waals surface area contributed by atoms with Crippen LogP contribution in [0.4, 0.5) is 10.2 Å².